The molecule has 1 aromatic rings. The van der Waals surface area contributed by atoms with Gasteiger partial charge in [0.2, 0.25) is 0 Å². The molecule has 0 spiro atoms. The molecule has 1 amide bonds. The van der Waals surface area contributed by atoms with E-state index in [0.717, 1.165) is 21.5 Å². The highest BCUT2D eigenvalue weighted by Crippen LogP contribution is 2.38. The molecule has 1 aliphatic rings. The minimum atomic E-state index is -0.0400. The van der Waals surface area contributed by atoms with Crippen LogP contribution >= 0.6 is 15.9 Å². The van der Waals surface area contributed by atoms with Crippen molar-refractivity contribution < 1.29 is 9.53 Å². The molecule has 2 rings (SSSR count). The van der Waals surface area contributed by atoms with Crippen LogP contribution < -0.4 is 9.64 Å². The number of para-hydroxylation sites is 1. The Bertz CT molecular complexity index is 523. The van der Waals surface area contributed by atoms with E-state index in [1.165, 1.54) is 0 Å². The van der Waals surface area contributed by atoms with Gasteiger partial charge in [0, 0.05) is 0 Å². The lowest BCUT2D eigenvalue weighted by molar-refractivity contribution is -0.121. The van der Waals surface area contributed by atoms with Gasteiger partial charge in [-0.3, -0.25) is 4.79 Å². The number of benzene rings is 1. The number of amides is 1. The number of ether oxygens (including phenoxy) is 1. The van der Waals surface area contributed by atoms with Crippen molar-refractivity contribution in [3.8, 4) is 5.75 Å². The third-order valence-electron chi connectivity index (χ3n) is 2.85. The van der Waals surface area contributed by atoms with Crippen LogP contribution in [0, 0.1) is 0 Å². The number of rotatable bonds is 3. The van der Waals surface area contributed by atoms with E-state index < -0.39 is 0 Å². The molecule has 1 heterocycles. The molecule has 0 aliphatic carbocycles. The Balaban J connectivity index is 2.39. The van der Waals surface area contributed by atoms with Crippen LogP contribution in [0.1, 0.15) is 6.92 Å². The SMILES string of the molecule is C=C/C(=C\C)CN1C(=O)COc2c(Br)cccc21. The minimum absolute atomic E-state index is 0.0400. The summed E-state index contributed by atoms with van der Waals surface area (Å²) in [6.07, 6.45) is 3.72. The van der Waals surface area contributed by atoms with Gasteiger partial charge in [0.25, 0.3) is 5.91 Å². The van der Waals surface area contributed by atoms with Crippen LogP contribution in [-0.4, -0.2) is 19.1 Å². The van der Waals surface area contributed by atoms with Crippen LogP contribution in [0.5, 0.6) is 5.75 Å². The molecular formula is C14H14BrNO2. The van der Waals surface area contributed by atoms with Crippen LogP contribution in [0.15, 0.2) is 47.0 Å². The number of carbonyl (C=O) groups is 1. The maximum atomic E-state index is 12.0. The largest absolute Gasteiger partial charge is 0.480 e. The van der Waals surface area contributed by atoms with E-state index in [-0.39, 0.29) is 12.5 Å². The van der Waals surface area contributed by atoms with Crippen molar-refractivity contribution in [2.45, 2.75) is 6.92 Å². The number of allylic oxidation sites excluding steroid dienone is 1. The van der Waals surface area contributed by atoms with E-state index in [1.807, 2.05) is 31.2 Å². The highest BCUT2D eigenvalue weighted by Gasteiger charge is 2.26. The quantitative estimate of drug-likeness (QED) is 0.802. The fraction of sp³-hybridized carbons (Fsp3) is 0.214. The number of hydrogen-bond donors (Lipinski definition) is 0. The Hall–Kier alpha value is -1.55. The molecule has 0 fully saturated rings. The number of nitrogens with zero attached hydrogens (tertiary/aromatic N) is 1. The number of anilines is 1. The molecule has 4 heteroatoms. The van der Waals surface area contributed by atoms with Crippen molar-refractivity contribution in [2.24, 2.45) is 0 Å². The zero-order chi connectivity index (χ0) is 13.1. The summed E-state index contributed by atoms with van der Waals surface area (Å²) in [4.78, 5) is 13.7. The first-order valence-corrected chi connectivity index (χ1v) is 6.46. The molecule has 94 valence electrons. The lowest BCUT2D eigenvalue weighted by Gasteiger charge is -2.30. The Morgan fingerprint density at radius 1 is 1.61 bits per heavy atom. The first-order valence-electron chi connectivity index (χ1n) is 5.66. The van der Waals surface area contributed by atoms with Crippen LogP contribution in [0.4, 0.5) is 5.69 Å². The molecule has 0 saturated heterocycles. The predicted molar refractivity (Wildman–Crippen MR) is 75.9 cm³/mol. The highest BCUT2D eigenvalue weighted by molar-refractivity contribution is 9.10. The van der Waals surface area contributed by atoms with Gasteiger partial charge in [0.05, 0.1) is 16.7 Å². The van der Waals surface area contributed by atoms with Gasteiger partial charge in [-0.1, -0.05) is 24.8 Å². The van der Waals surface area contributed by atoms with Gasteiger partial charge in [0.1, 0.15) is 0 Å². The third kappa shape index (κ3) is 2.34. The van der Waals surface area contributed by atoms with E-state index in [2.05, 4.69) is 22.5 Å². The second kappa shape index (κ2) is 5.40. The predicted octanol–water partition coefficient (Wildman–Crippen LogP) is 3.31. The maximum absolute atomic E-state index is 12.0. The average molecular weight is 308 g/mol. The van der Waals surface area contributed by atoms with E-state index in [1.54, 1.807) is 11.0 Å². The van der Waals surface area contributed by atoms with E-state index in [0.29, 0.717) is 6.54 Å². The summed E-state index contributed by atoms with van der Waals surface area (Å²) in [5.41, 5.74) is 1.80. The van der Waals surface area contributed by atoms with Crippen LogP contribution in [-0.2, 0) is 4.79 Å². The molecule has 0 saturated carbocycles. The molecule has 1 aromatic carbocycles. The van der Waals surface area contributed by atoms with Gasteiger partial charge in [-0.25, -0.2) is 0 Å². The monoisotopic (exact) mass is 307 g/mol. The Morgan fingerprint density at radius 3 is 3.06 bits per heavy atom. The topological polar surface area (TPSA) is 29.5 Å². The number of fused-ring (bicyclic) bond motifs is 1. The van der Waals surface area contributed by atoms with Crippen LogP contribution in [0.3, 0.4) is 0 Å². The smallest absolute Gasteiger partial charge is 0.265 e. The summed E-state index contributed by atoms with van der Waals surface area (Å²) in [7, 11) is 0. The van der Waals surface area contributed by atoms with Gasteiger partial charge in [-0.2, -0.15) is 0 Å². The standard InChI is InChI=1S/C14H14BrNO2/c1-3-10(4-2)8-16-12-7-5-6-11(15)14(12)18-9-13(16)17/h3-7H,1,8-9H2,2H3/b10-4+. The number of carbonyl (C=O) groups excluding carboxylic acids is 1. The molecule has 1 aliphatic heterocycles. The lowest BCUT2D eigenvalue weighted by Crippen LogP contribution is -2.39. The van der Waals surface area contributed by atoms with Gasteiger partial charge >= 0.3 is 0 Å². The van der Waals surface area contributed by atoms with Crippen molar-refractivity contribution in [3.05, 3.63) is 47.0 Å². The molecule has 0 atom stereocenters. The van der Waals surface area contributed by atoms with Crippen LogP contribution in [0.2, 0.25) is 0 Å². The highest BCUT2D eigenvalue weighted by atomic mass is 79.9. The summed E-state index contributed by atoms with van der Waals surface area (Å²) in [5, 5.41) is 0. The molecular weight excluding hydrogens is 294 g/mol. The first kappa shape index (κ1) is 12.9. The number of halogens is 1. The maximum Gasteiger partial charge on any atom is 0.265 e. The fourth-order valence-electron chi connectivity index (χ4n) is 1.83. The summed E-state index contributed by atoms with van der Waals surface area (Å²) in [5.74, 6) is 0.679. The number of hydrogen-bond acceptors (Lipinski definition) is 2. The van der Waals surface area contributed by atoms with Crippen molar-refractivity contribution in [1.29, 1.82) is 0 Å². The van der Waals surface area contributed by atoms with Gasteiger partial charge in [-0.05, 0) is 40.6 Å². The first-order chi connectivity index (χ1) is 8.67. The second-order valence-electron chi connectivity index (χ2n) is 3.92. The van der Waals surface area contributed by atoms with Crippen molar-refractivity contribution in [3.63, 3.8) is 0 Å². The van der Waals surface area contributed by atoms with Crippen molar-refractivity contribution in [2.75, 3.05) is 18.1 Å². The Morgan fingerprint density at radius 2 is 2.39 bits per heavy atom. The van der Waals surface area contributed by atoms with Gasteiger partial charge < -0.3 is 9.64 Å². The van der Waals surface area contributed by atoms with Gasteiger partial charge in [0.15, 0.2) is 12.4 Å². The van der Waals surface area contributed by atoms with E-state index in [9.17, 15) is 4.79 Å². The normalized spacial score (nSPS) is 15.1. The molecule has 0 unspecified atom stereocenters. The zero-order valence-corrected chi connectivity index (χ0v) is 11.7. The van der Waals surface area contributed by atoms with Crippen molar-refractivity contribution >= 4 is 27.5 Å². The summed E-state index contributed by atoms with van der Waals surface area (Å²) in [6, 6.07) is 5.67. The summed E-state index contributed by atoms with van der Waals surface area (Å²) in [6.45, 7) is 6.28. The summed E-state index contributed by atoms with van der Waals surface area (Å²) >= 11 is 3.43. The zero-order valence-electron chi connectivity index (χ0n) is 10.1. The fourth-order valence-corrected chi connectivity index (χ4v) is 2.30. The molecule has 18 heavy (non-hydrogen) atoms. The molecule has 0 aromatic heterocycles. The molecule has 3 nitrogen and oxygen atoms in total. The second-order valence-corrected chi connectivity index (χ2v) is 4.78. The van der Waals surface area contributed by atoms with E-state index in [4.69, 9.17) is 4.74 Å². The lowest BCUT2D eigenvalue weighted by atomic mass is 10.2. The Kier molecular flexibility index (Phi) is 3.87. The third-order valence-corrected chi connectivity index (χ3v) is 3.48. The minimum Gasteiger partial charge on any atom is -0.480 e. The molecule has 0 radical (unpaired) electrons. The van der Waals surface area contributed by atoms with Crippen LogP contribution in [0.25, 0.3) is 0 Å². The van der Waals surface area contributed by atoms with Crippen molar-refractivity contribution in [1.82, 2.24) is 0 Å². The van der Waals surface area contributed by atoms with Gasteiger partial charge in [-0.15, -0.1) is 0 Å². The average Bonchev–Trinajstić information content (AvgIpc) is 2.38. The molecule has 0 bridgehead atoms. The van der Waals surface area contributed by atoms with E-state index >= 15 is 0 Å². The molecule has 0 N–H and O–H groups in total. The summed E-state index contributed by atoms with van der Waals surface area (Å²) < 4.78 is 6.32. The Labute approximate surface area is 115 Å².